The Kier molecular flexibility index (Phi) is 2.23. The molecular weight excluding hydrogens is 181 g/mol. The third kappa shape index (κ3) is 1.62. The van der Waals surface area contributed by atoms with Gasteiger partial charge in [-0.05, 0) is 24.5 Å². The SMILES string of the molecule is CC(C)Cc1noc2cc(F)ccc12. The fraction of sp³-hybridized carbons (Fsp3) is 0.364. The zero-order valence-electron chi connectivity index (χ0n) is 8.25. The third-order valence-corrected chi connectivity index (χ3v) is 2.11. The lowest BCUT2D eigenvalue weighted by Crippen LogP contribution is -1.94. The van der Waals surface area contributed by atoms with Gasteiger partial charge in [0.2, 0.25) is 0 Å². The Labute approximate surface area is 81.7 Å². The zero-order chi connectivity index (χ0) is 10.1. The van der Waals surface area contributed by atoms with E-state index in [4.69, 9.17) is 4.52 Å². The maximum absolute atomic E-state index is 12.8. The van der Waals surface area contributed by atoms with Crippen LogP contribution in [0.2, 0.25) is 0 Å². The van der Waals surface area contributed by atoms with Gasteiger partial charge in [0.25, 0.3) is 0 Å². The predicted molar refractivity (Wildman–Crippen MR) is 52.5 cm³/mol. The molecule has 3 heteroatoms. The molecule has 0 fully saturated rings. The molecule has 74 valence electrons. The maximum Gasteiger partial charge on any atom is 0.170 e. The summed E-state index contributed by atoms with van der Waals surface area (Å²) in [5.41, 5.74) is 1.44. The van der Waals surface area contributed by atoms with Gasteiger partial charge in [-0.2, -0.15) is 0 Å². The normalized spacial score (nSPS) is 11.4. The summed E-state index contributed by atoms with van der Waals surface area (Å²) in [5.74, 6) is 0.234. The van der Waals surface area contributed by atoms with Crippen LogP contribution < -0.4 is 0 Å². The lowest BCUT2D eigenvalue weighted by atomic mass is 10.1. The summed E-state index contributed by atoms with van der Waals surface area (Å²) < 4.78 is 17.9. The topological polar surface area (TPSA) is 26.0 Å². The molecule has 2 aromatic rings. The summed E-state index contributed by atoms with van der Waals surface area (Å²) in [5, 5.41) is 4.85. The van der Waals surface area contributed by atoms with Crippen LogP contribution in [0.15, 0.2) is 22.7 Å². The number of rotatable bonds is 2. The van der Waals surface area contributed by atoms with E-state index in [1.165, 1.54) is 12.1 Å². The van der Waals surface area contributed by atoms with Crippen LogP contribution >= 0.6 is 0 Å². The Bertz CT molecular complexity index is 447. The first kappa shape index (κ1) is 9.19. The second kappa shape index (κ2) is 3.40. The number of aromatic nitrogens is 1. The molecule has 0 unspecified atom stereocenters. The van der Waals surface area contributed by atoms with Gasteiger partial charge in [0.05, 0.1) is 5.69 Å². The molecule has 0 saturated carbocycles. The van der Waals surface area contributed by atoms with Gasteiger partial charge in [0, 0.05) is 11.5 Å². The van der Waals surface area contributed by atoms with Crippen molar-refractivity contribution in [2.75, 3.05) is 0 Å². The van der Waals surface area contributed by atoms with Crippen LogP contribution in [0.4, 0.5) is 4.39 Å². The minimum Gasteiger partial charge on any atom is -0.356 e. The molecule has 0 aliphatic carbocycles. The van der Waals surface area contributed by atoms with Gasteiger partial charge in [-0.3, -0.25) is 0 Å². The average molecular weight is 193 g/mol. The molecule has 0 atom stereocenters. The van der Waals surface area contributed by atoms with Gasteiger partial charge >= 0.3 is 0 Å². The molecule has 0 aliphatic heterocycles. The largest absolute Gasteiger partial charge is 0.356 e. The van der Waals surface area contributed by atoms with Crippen molar-refractivity contribution < 1.29 is 8.91 Å². The van der Waals surface area contributed by atoms with E-state index in [1.54, 1.807) is 6.07 Å². The van der Waals surface area contributed by atoms with Crippen molar-refractivity contribution in [3.8, 4) is 0 Å². The minimum atomic E-state index is -0.287. The summed E-state index contributed by atoms with van der Waals surface area (Å²) in [7, 11) is 0. The summed E-state index contributed by atoms with van der Waals surface area (Å²) >= 11 is 0. The quantitative estimate of drug-likeness (QED) is 0.732. The first-order valence-electron chi connectivity index (χ1n) is 4.70. The maximum atomic E-state index is 12.8. The van der Waals surface area contributed by atoms with Crippen LogP contribution in [-0.4, -0.2) is 5.16 Å². The Balaban J connectivity index is 2.47. The van der Waals surface area contributed by atoms with E-state index in [-0.39, 0.29) is 5.82 Å². The number of hydrogen-bond donors (Lipinski definition) is 0. The number of benzene rings is 1. The monoisotopic (exact) mass is 193 g/mol. The first-order chi connectivity index (χ1) is 6.66. The second-order valence-electron chi connectivity index (χ2n) is 3.87. The second-order valence-corrected chi connectivity index (χ2v) is 3.87. The smallest absolute Gasteiger partial charge is 0.170 e. The molecule has 2 rings (SSSR count). The van der Waals surface area contributed by atoms with Crippen LogP contribution in [0, 0.1) is 11.7 Å². The predicted octanol–water partition coefficient (Wildman–Crippen LogP) is 3.17. The van der Waals surface area contributed by atoms with Crippen molar-refractivity contribution in [3.05, 3.63) is 29.7 Å². The van der Waals surface area contributed by atoms with E-state index in [0.29, 0.717) is 11.5 Å². The standard InChI is InChI=1S/C11H12FNO/c1-7(2)5-10-9-4-3-8(12)6-11(9)14-13-10/h3-4,6-7H,5H2,1-2H3. The summed E-state index contributed by atoms with van der Waals surface area (Å²) in [6, 6.07) is 4.52. The van der Waals surface area contributed by atoms with Crippen LogP contribution in [0.25, 0.3) is 11.0 Å². The van der Waals surface area contributed by atoms with Crippen LogP contribution in [-0.2, 0) is 6.42 Å². The van der Waals surface area contributed by atoms with Crippen LogP contribution in [0.1, 0.15) is 19.5 Å². The van der Waals surface area contributed by atoms with Crippen molar-refractivity contribution >= 4 is 11.0 Å². The number of halogens is 1. The molecule has 0 amide bonds. The van der Waals surface area contributed by atoms with Crippen LogP contribution in [0.5, 0.6) is 0 Å². The molecule has 0 spiro atoms. The van der Waals surface area contributed by atoms with E-state index in [1.807, 2.05) is 0 Å². The van der Waals surface area contributed by atoms with Crippen molar-refractivity contribution in [2.45, 2.75) is 20.3 Å². The van der Waals surface area contributed by atoms with E-state index in [9.17, 15) is 4.39 Å². The van der Waals surface area contributed by atoms with Gasteiger partial charge < -0.3 is 4.52 Å². The Morgan fingerprint density at radius 1 is 1.43 bits per heavy atom. The molecule has 0 radical (unpaired) electrons. The van der Waals surface area contributed by atoms with Gasteiger partial charge in [-0.25, -0.2) is 4.39 Å². The van der Waals surface area contributed by atoms with Crippen molar-refractivity contribution in [1.82, 2.24) is 5.16 Å². The fourth-order valence-electron chi connectivity index (χ4n) is 1.50. The fourth-order valence-corrected chi connectivity index (χ4v) is 1.50. The van der Waals surface area contributed by atoms with Crippen molar-refractivity contribution in [2.24, 2.45) is 5.92 Å². The summed E-state index contributed by atoms with van der Waals surface area (Å²) in [6.45, 7) is 4.23. The number of nitrogens with zero attached hydrogens (tertiary/aromatic N) is 1. The van der Waals surface area contributed by atoms with E-state index in [2.05, 4.69) is 19.0 Å². The first-order valence-corrected chi connectivity index (χ1v) is 4.70. The summed E-state index contributed by atoms with van der Waals surface area (Å²) in [4.78, 5) is 0. The molecule has 14 heavy (non-hydrogen) atoms. The summed E-state index contributed by atoms with van der Waals surface area (Å²) in [6.07, 6.45) is 0.860. The zero-order valence-corrected chi connectivity index (χ0v) is 8.25. The highest BCUT2D eigenvalue weighted by molar-refractivity contribution is 5.79. The molecule has 0 aliphatic rings. The van der Waals surface area contributed by atoms with Crippen LogP contribution in [0.3, 0.4) is 0 Å². The highest BCUT2D eigenvalue weighted by Gasteiger charge is 2.09. The minimum absolute atomic E-state index is 0.287. The Morgan fingerprint density at radius 3 is 2.93 bits per heavy atom. The lowest BCUT2D eigenvalue weighted by Gasteiger charge is -1.99. The molecule has 1 aromatic heterocycles. The molecule has 0 N–H and O–H groups in total. The van der Waals surface area contributed by atoms with Gasteiger partial charge in [-0.1, -0.05) is 19.0 Å². The molecular formula is C11H12FNO. The van der Waals surface area contributed by atoms with Gasteiger partial charge in [-0.15, -0.1) is 0 Å². The highest BCUT2D eigenvalue weighted by atomic mass is 19.1. The Morgan fingerprint density at radius 2 is 2.21 bits per heavy atom. The average Bonchev–Trinajstić information content (AvgIpc) is 2.47. The third-order valence-electron chi connectivity index (χ3n) is 2.11. The molecule has 2 nitrogen and oxygen atoms in total. The lowest BCUT2D eigenvalue weighted by molar-refractivity contribution is 0.438. The van der Waals surface area contributed by atoms with Crippen molar-refractivity contribution in [1.29, 1.82) is 0 Å². The van der Waals surface area contributed by atoms with E-state index < -0.39 is 0 Å². The highest BCUT2D eigenvalue weighted by Crippen LogP contribution is 2.21. The Hall–Kier alpha value is -1.38. The molecule has 0 saturated heterocycles. The van der Waals surface area contributed by atoms with E-state index in [0.717, 1.165) is 17.5 Å². The van der Waals surface area contributed by atoms with Crippen molar-refractivity contribution in [3.63, 3.8) is 0 Å². The van der Waals surface area contributed by atoms with E-state index >= 15 is 0 Å². The number of hydrogen-bond acceptors (Lipinski definition) is 2. The number of fused-ring (bicyclic) bond motifs is 1. The van der Waals surface area contributed by atoms with Gasteiger partial charge in [0.1, 0.15) is 5.82 Å². The molecule has 1 aromatic carbocycles. The van der Waals surface area contributed by atoms with Gasteiger partial charge in [0.15, 0.2) is 5.58 Å². The molecule has 0 bridgehead atoms. The molecule has 1 heterocycles.